The van der Waals surface area contributed by atoms with Crippen LogP contribution in [0.5, 0.6) is 0 Å². The number of nitrogens with two attached hydrogens (primary N) is 1. The molecule has 1 amide bonds. The van der Waals surface area contributed by atoms with Gasteiger partial charge in [0.25, 0.3) is 11.6 Å². The van der Waals surface area contributed by atoms with E-state index in [4.69, 9.17) is 5.73 Å². The van der Waals surface area contributed by atoms with Gasteiger partial charge in [0.15, 0.2) is 0 Å². The number of hydrogen-bond donors (Lipinski definition) is 1. The van der Waals surface area contributed by atoms with Gasteiger partial charge >= 0.3 is 0 Å². The van der Waals surface area contributed by atoms with Gasteiger partial charge in [0.2, 0.25) is 0 Å². The van der Waals surface area contributed by atoms with Crippen LogP contribution in [-0.2, 0) is 0 Å². The predicted molar refractivity (Wildman–Crippen MR) is 70.9 cm³/mol. The van der Waals surface area contributed by atoms with Crippen LogP contribution < -0.4 is 5.73 Å². The number of nitrogens with zero attached hydrogens (tertiary/aromatic N) is 3. The standard InChI is InChI=1S/C12H16N4O3/c1-14-5-7-15(8-6-14)12(17)9-3-2-4-10(11(9)13)16(18)19/h2-4H,5-8,13H2,1H3. The van der Waals surface area contributed by atoms with Gasteiger partial charge in [-0.3, -0.25) is 14.9 Å². The van der Waals surface area contributed by atoms with Gasteiger partial charge in [-0.15, -0.1) is 0 Å². The Kier molecular flexibility index (Phi) is 3.66. The lowest BCUT2D eigenvalue weighted by Gasteiger charge is -2.32. The van der Waals surface area contributed by atoms with Crippen molar-refractivity contribution in [2.24, 2.45) is 0 Å². The lowest BCUT2D eigenvalue weighted by Crippen LogP contribution is -2.47. The summed E-state index contributed by atoms with van der Waals surface area (Å²) in [5.74, 6) is -0.241. The molecule has 1 aromatic carbocycles. The first-order chi connectivity index (χ1) is 9.00. The lowest BCUT2D eigenvalue weighted by atomic mass is 10.1. The van der Waals surface area contributed by atoms with Gasteiger partial charge in [0, 0.05) is 32.2 Å². The number of carbonyl (C=O) groups is 1. The first-order valence-corrected chi connectivity index (χ1v) is 6.01. The molecule has 1 aliphatic rings. The zero-order valence-corrected chi connectivity index (χ0v) is 10.7. The Labute approximate surface area is 110 Å². The third-order valence-electron chi connectivity index (χ3n) is 3.30. The van der Waals surface area contributed by atoms with Crippen LogP contribution in [0.4, 0.5) is 11.4 Å². The Morgan fingerprint density at radius 1 is 1.32 bits per heavy atom. The van der Waals surface area contributed by atoms with E-state index in [0.717, 1.165) is 13.1 Å². The molecule has 0 unspecified atom stereocenters. The summed E-state index contributed by atoms with van der Waals surface area (Å²) in [5, 5.41) is 10.8. The molecule has 0 atom stereocenters. The molecular formula is C12H16N4O3. The van der Waals surface area contributed by atoms with Crippen molar-refractivity contribution >= 4 is 17.3 Å². The minimum Gasteiger partial charge on any atom is -0.393 e. The fraction of sp³-hybridized carbons (Fsp3) is 0.417. The molecule has 0 aliphatic carbocycles. The Morgan fingerprint density at radius 3 is 2.53 bits per heavy atom. The van der Waals surface area contributed by atoms with E-state index in [1.807, 2.05) is 7.05 Å². The number of carbonyl (C=O) groups excluding carboxylic acids is 1. The van der Waals surface area contributed by atoms with Gasteiger partial charge in [-0.1, -0.05) is 6.07 Å². The molecule has 2 N–H and O–H groups in total. The monoisotopic (exact) mass is 264 g/mol. The van der Waals surface area contributed by atoms with Crippen LogP contribution in [0.25, 0.3) is 0 Å². The van der Waals surface area contributed by atoms with Gasteiger partial charge in [-0.2, -0.15) is 0 Å². The van der Waals surface area contributed by atoms with E-state index in [0.29, 0.717) is 13.1 Å². The highest BCUT2D eigenvalue weighted by atomic mass is 16.6. The average molecular weight is 264 g/mol. The molecule has 7 heteroatoms. The number of amides is 1. The third-order valence-corrected chi connectivity index (χ3v) is 3.30. The number of nitrogen functional groups attached to an aromatic ring is 1. The molecule has 0 saturated carbocycles. The molecule has 1 saturated heterocycles. The predicted octanol–water partition coefficient (Wildman–Crippen LogP) is 0.565. The molecule has 2 rings (SSSR count). The molecule has 0 aromatic heterocycles. The molecule has 19 heavy (non-hydrogen) atoms. The minimum atomic E-state index is -0.573. The van der Waals surface area contributed by atoms with Crippen LogP contribution in [0.2, 0.25) is 0 Å². The van der Waals surface area contributed by atoms with Gasteiger partial charge < -0.3 is 15.5 Å². The van der Waals surface area contributed by atoms with Crippen LogP contribution in [0.1, 0.15) is 10.4 Å². The van der Waals surface area contributed by atoms with Crippen molar-refractivity contribution < 1.29 is 9.72 Å². The van der Waals surface area contributed by atoms with Gasteiger partial charge in [0.1, 0.15) is 5.69 Å². The Balaban J connectivity index is 2.24. The molecule has 1 aromatic rings. The number of piperazine rings is 1. The molecule has 102 valence electrons. The first-order valence-electron chi connectivity index (χ1n) is 6.01. The molecule has 0 spiro atoms. The second kappa shape index (κ2) is 5.23. The molecule has 1 heterocycles. The van der Waals surface area contributed by atoms with Crippen molar-refractivity contribution in [3.8, 4) is 0 Å². The summed E-state index contributed by atoms with van der Waals surface area (Å²) in [6.45, 7) is 2.80. The Hall–Kier alpha value is -2.15. The van der Waals surface area contributed by atoms with E-state index >= 15 is 0 Å². The summed E-state index contributed by atoms with van der Waals surface area (Å²) in [5.41, 5.74) is 5.65. The number of anilines is 1. The maximum absolute atomic E-state index is 12.3. The zero-order chi connectivity index (χ0) is 14.0. The van der Waals surface area contributed by atoms with E-state index in [1.165, 1.54) is 18.2 Å². The summed E-state index contributed by atoms with van der Waals surface area (Å²) < 4.78 is 0. The Bertz CT molecular complexity index is 510. The quantitative estimate of drug-likeness (QED) is 0.479. The molecule has 1 fully saturated rings. The summed E-state index contributed by atoms with van der Waals surface area (Å²) in [6, 6.07) is 4.32. The first kappa shape index (κ1) is 13.3. The fourth-order valence-electron chi connectivity index (χ4n) is 2.08. The van der Waals surface area contributed by atoms with Gasteiger partial charge in [0.05, 0.1) is 10.5 Å². The summed E-state index contributed by atoms with van der Waals surface area (Å²) in [4.78, 5) is 26.3. The van der Waals surface area contributed by atoms with E-state index in [9.17, 15) is 14.9 Å². The third kappa shape index (κ3) is 2.65. The molecule has 1 aliphatic heterocycles. The van der Waals surface area contributed by atoms with E-state index in [2.05, 4.69) is 4.90 Å². The summed E-state index contributed by atoms with van der Waals surface area (Å²) in [6.07, 6.45) is 0. The average Bonchev–Trinajstić information content (AvgIpc) is 2.38. The van der Waals surface area contributed by atoms with Crippen LogP contribution in [-0.4, -0.2) is 53.9 Å². The maximum Gasteiger partial charge on any atom is 0.292 e. The van der Waals surface area contributed by atoms with Crippen molar-refractivity contribution in [3.63, 3.8) is 0 Å². The van der Waals surface area contributed by atoms with Crippen molar-refractivity contribution in [3.05, 3.63) is 33.9 Å². The zero-order valence-electron chi connectivity index (χ0n) is 10.7. The van der Waals surface area contributed by atoms with Crippen LogP contribution in [0, 0.1) is 10.1 Å². The van der Waals surface area contributed by atoms with Crippen LogP contribution in [0.15, 0.2) is 18.2 Å². The number of benzene rings is 1. The van der Waals surface area contributed by atoms with E-state index < -0.39 is 4.92 Å². The largest absolute Gasteiger partial charge is 0.393 e. The van der Waals surface area contributed by atoms with Gasteiger partial charge in [-0.25, -0.2) is 0 Å². The highest BCUT2D eigenvalue weighted by molar-refractivity contribution is 6.01. The summed E-state index contributed by atoms with van der Waals surface area (Å²) in [7, 11) is 1.99. The second-order valence-electron chi connectivity index (χ2n) is 4.59. The van der Waals surface area contributed by atoms with E-state index in [-0.39, 0.29) is 22.8 Å². The minimum absolute atomic E-state index is 0.0589. The van der Waals surface area contributed by atoms with Crippen LogP contribution in [0.3, 0.4) is 0 Å². The number of nitro benzene ring substituents is 1. The van der Waals surface area contributed by atoms with Crippen molar-refractivity contribution in [2.45, 2.75) is 0 Å². The lowest BCUT2D eigenvalue weighted by molar-refractivity contribution is -0.383. The maximum atomic E-state index is 12.3. The fourth-order valence-corrected chi connectivity index (χ4v) is 2.08. The normalized spacial score (nSPS) is 16.4. The number of nitro groups is 1. The van der Waals surface area contributed by atoms with Crippen LogP contribution >= 0.6 is 0 Å². The summed E-state index contributed by atoms with van der Waals surface area (Å²) >= 11 is 0. The van der Waals surface area contributed by atoms with Crippen molar-refractivity contribution in [2.75, 3.05) is 39.0 Å². The Morgan fingerprint density at radius 2 is 1.95 bits per heavy atom. The second-order valence-corrected chi connectivity index (χ2v) is 4.59. The van der Waals surface area contributed by atoms with Gasteiger partial charge in [-0.05, 0) is 13.1 Å². The smallest absolute Gasteiger partial charge is 0.292 e. The number of rotatable bonds is 2. The van der Waals surface area contributed by atoms with E-state index in [1.54, 1.807) is 4.90 Å². The number of para-hydroxylation sites is 1. The molecule has 0 bridgehead atoms. The highest BCUT2D eigenvalue weighted by Crippen LogP contribution is 2.26. The highest BCUT2D eigenvalue weighted by Gasteiger charge is 2.25. The topological polar surface area (TPSA) is 92.7 Å². The molecular weight excluding hydrogens is 248 g/mol. The molecule has 0 radical (unpaired) electrons. The number of hydrogen-bond acceptors (Lipinski definition) is 5. The molecule has 7 nitrogen and oxygen atoms in total. The SMILES string of the molecule is CN1CCN(C(=O)c2cccc([N+](=O)[O-])c2N)CC1. The number of likely N-dealkylation sites (N-methyl/N-ethyl adjacent to an activating group) is 1. The van der Waals surface area contributed by atoms with Crippen molar-refractivity contribution in [1.29, 1.82) is 0 Å². The van der Waals surface area contributed by atoms with Crippen molar-refractivity contribution in [1.82, 2.24) is 9.80 Å².